The van der Waals surface area contributed by atoms with E-state index in [4.69, 9.17) is 0 Å². The number of rotatable bonds is 1. The van der Waals surface area contributed by atoms with Crippen LogP contribution in [0.1, 0.15) is 0 Å². The predicted octanol–water partition coefficient (Wildman–Crippen LogP) is 1.43. The largest absolute Gasteiger partial charge is 0.451 e. The third-order valence-electron chi connectivity index (χ3n) is 2.50. The number of urea groups is 2. The van der Waals surface area contributed by atoms with Crippen LogP contribution in [0.25, 0.3) is 0 Å². The number of anilines is 1. The zero-order valence-electron chi connectivity index (χ0n) is 12.0. The number of nitrogens with zero attached hydrogens (tertiary/aromatic N) is 2. The molecule has 0 unspecified atom stereocenters. The fourth-order valence-corrected chi connectivity index (χ4v) is 1.51. The number of amides is 5. The molecule has 0 saturated carbocycles. The number of methoxy groups -OCH3 is 1. The van der Waals surface area contributed by atoms with Crippen LogP contribution in [0.4, 0.5) is 28.9 Å². The lowest BCUT2D eigenvalue weighted by molar-refractivity contribution is 0.150. The number of carbonyl (C=O) groups excluding carboxylic acids is 3. The number of halogens is 2. The maximum absolute atomic E-state index is 13.9. The highest BCUT2D eigenvalue weighted by molar-refractivity contribution is 6.02. The van der Waals surface area contributed by atoms with Gasteiger partial charge >= 0.3 is 18.2 Å². The van der Waals surface area contributed by atoms with Gasteiger partial charge in [-0.2, -0.15) is 5.01 Å². The van der Waals surface area contributed by atoms with Crippen LogP contribution in [0.2, 0.25) is 0 Å². The van der Waals surface area contributed by atoms with Gasteiger partial charge in [-0.25, -0.2) is 23.2 Å². The minimum absolute atomic E-state index is 0.280. The SMILES string of the molecule is CNC(=O)N(C(=O)NC)N(C(=O)OC)c1ccc(F)cc1F. The topological polar surface area (TPSA) is 91.0 Å². The third-order valence-corrected chi connectivity index (χ3v) is 2.50. The van der Waals surface area contributed by atoms with Crippen molar-refractivity contribution in [2.45, 2.75) is 0 Å². The van der Waals surface area contributed by atoms with E-state index in [0.29, 0.717) is 11.1 Å². The van der Waals surface area contributed by atoms with Crippen LogP contribution in [0.3, 0.4) is 0 Å². The van der Waals surface area contributed by atoms with Crippen LogP contribution in [0.5, 0.6) is 0 Å². The Balaban J connectivity index is 3.46. The van der Waals surface area contributed by atoms with Gasteiger partial charge in [-0.05, 0) is 12.1 Å². The second kappa shape index (κ2) is 7.20. The van der Waals surface area contributed by atoms with Gasteiger partial charge in [0, 0.05) is 20.2 Å². The summed E-state index contributed by atoms with van der Waals surface area (Å²) in [5.41, 5.74) is -0.541. The molecule has 0 fully saturated rings. The molecule has 0 aliphatic heterocycles. The molecule has 1 aromatic carbocycles. The molecule has 0 saturated heterocycles. The van der Waals surface area contributed by atoms with Crippen LogP contribution in [-0.2, 0) is 4.74 Å². The number of ether oxygens (including phenoxy) is 1. The summed E-state index contributed by atoms with van der Waals surface area (Å²) in [5.74, 6) is -2.05. The van der Waals surface area contributed by atoms with Crippen molar-refractivity contribution in [2.75, 3.05) is 26.2 Å². The number of benzene rings is 1. The number of hydrogen-bond acceptors (Lipinski definition) is 4. The quantitative estimate of drug-likeness (QED) is 0.767. The molecule has 0 spiro atoms. The van der Waals surface area contributed by atoms with Crippen LogP contribution < -0.4 is 15.6 Å². The maximum atomic E-state index is 13.9. The fourth-order valence-electron chi connectivity index (χ4n) is 1.51. The molecule has 0 bridgehead atoms. The molecule has 1 rings (SSSR count). The van der Waals surface area contributed by atoms with E-state index in [1.165, 1.54) is 14.1 Å². The van der Waals surface area contributed by atoms with Gasteiger partial charge in [0.2, 0.25) is 0 Å². The van der Waals surface area contributed by atoms with Crippen LogP contribution in [0, 0.1) is 11.6 Å². The van der Waals surface area contributed by atoms with Gasteiger partial charge in [0.1, 0.15) is 11.5 Å². The van der Waals surface area contributed by atoms with Crippen molar-refractivity contribution in [2.24, 2.45) is 0 Å². The lowest BCUT2D eigenvalue weighted by Crippen LogP contribution is -2.58. The summed E-state index contributed by atoms with van der Waals surface area (Å²) in [5, 5.41) is 4.86. The fraction of sp³-hybridized carbons (Fsp3) is 0.250. The summed E-state index contributed by atoms with van der Waals surface area (Å²) in [6.45, 7) is 0. The number of hydrazine groups is 1. The Hall–Kier alpha value is -2.91. The molecule has 0 aliphatic rings. The molecule has 1 aromatic rings. The lowest BCUT2D eigenvalue weighted by atomic mass is 10.3. The van der Waals surface area contributed by atoms with Gasteiger partial charge < -0.3 is 15.4 Å². The van der Waals surface area contributed by atoms with Gasteiger partial charge in [-0.1, -0.05) is 0 Å². The number of carbonyl (C=O) groups is 3. The highest BCUT2D eigenvalue weighted by Gasteiger charge is 2.34. The molecular formula is C12H14F2N4O4. The van der Waals surface area contributed by atoms with Crippen molar-refractivity contribution in [1.29, 1.82) is 0 Å². The smallest absolute Gasteiger partial charge is 0.434 e. The monoisotopic (exact) mass is 316 g/mol. The molecular weight excluding hydrogens is 302 g/mol. The molecule has 22 heavy (non-hydrogen) atoms. The van der Waals surface area contributed by atoms with E-state index in [-0.39, 0.29) is 5.01 Å². The highest BCUT2D eigenvalue weighted by atomic mass is 19.1. The van der Waals surface area contributed by atoms with Crippen molar-refractivity contribution in [3.05, 3.63) is 29.8 Å². The highest BCUT2D eigenvalue weighted by Crippen LogP contribution is 2.23. The first kappa shape index (κ1) is 17.1. The molecule has 0 aromatic heterocycles. The lowest BCUT2D eigenvalue weighted by Gasteiger charge is -2.31. The second-order valence-corrected chi connectivity index (χ2v) is 3.80. The van der Waals surface area contributed by atoms with Crippen molar-refractivity contribution >= 4 is 23.8 Å². The van der Waals surface area contributed by atoms with Crippen LogP contribution in [0.15, 0.2) is 18.2 Å². The van der Waals surface area contributed by atoms with Gasteiger partial charge in [0.05, 0.1) is 7.11 Å². The molecule has 2 N–H and O–H groups in total. The first-order chi connectivity index (χ1) is 10.4. The van der Waals surface area contributed by atoms with E-state index in [0.717, 1.165) is 19.2 Å². The first-order valence-electron chi connectivity index (χ1n) is 5.94. The zero-order chi connectivity index (χ0) is 16.9. The normalized spacial score (nSPS) is 9.68. The molecule has 0 atom stereocenters. The molecule has 120 valence electrons. The van der Waals surface area contributed by atoms with Crippen LogP contribution in [-0.4, -0.2) is 44.4 Å². The zero-order valence-corrected chi connectivity index (χ0v) is 12.0. The van der Waals surface area contributed by atoms with E-state index in [1.807, 2.05) is 0 Å². The van der Waals surface area contributed by atoms with E-state index in [2.05, 4.69) is 15.4 Å². The summed E-state index contributed by atoms with van der Waals surface area (Å²) in [6, 6.07) is 0.180. The average Bonchev–Trinajstić information content (AvgIpc) is 2.51. The standard InChI is InChI=1S/C12H14F2N4O4/c1-15-10(19)18(11(20)16-2)17(12(21)22-3)9-5-4-7(13)6-8(9)14/h4-6H,1-3H3,(H,15,19)(H,16,20). The number of hydrogen-bond donors (Lipinski definition) is 2. The molecule has 8 nitrogen and oxygen atoms in total. The van der Waals surface area contributed by atoms with Crippen LogP contribution >= 0.6 is 0 Å². The van der Waals surface area contributed by atoms with E-state index < -0.39 is 35.5 Å². The van der Waals surface area contributed by atoms with Crippen molar-refractivity contribution < 1.29 is 27.9 Å². The summed E-state index contributed by atoms with van der Waals surface area (Å²) >= 11 is 0. The minimum atomic E-state index is -1.22. The number of nitrogens with one attached hydrogen (secondary N) is 2. The summed E-state index contributed by atoms with van der Waals surface area (Å²) in [4.78, 5) is 35.5. The Morgan fingerprint density at radius 2 is 1.64 bits per heavy atom. The third kappa shape index (κ3) is 3.40. The Labute approximate surface area is 124 Å². The predicted molar refractivity (Wildman–Crippen MR) is 72.0 cm³/mol. The first-order valence-corrected chi connectivity index (χ1v) is 5.94. The van der Waals surface area contributed by atoms with E-state index in [1.54, 1.807) is 0 Å². The molecule has 0 aliphatic carbocycles. The summed E-state index contributed by atoms with van der Waals surface area (Å²) in [6.07, 6.45) is -1.22. The molecule has 10 heteroatoms. The van der Waals surface area contributed by atoms with Crippen molar-refractivity contribution in [3.8, 4) is 0 Å². The van der Waals surface area contributed by atoms with Gasteiger partial charge in [0.15, 0.2) is 5.82 Å². The maximum Gasteiger partial charge on any atom is 0.434 e. The molecule has 0 radical (unpaired) electrons. The Bertz CT molecular complexity index is 580. The summed E-state index contributed by atoms with van der Waals surface area (Å²) in [7, 11) is 3.38. The van der Waals surface area contributed by atoms with Crippen molar-refractivity contribution in [1.82, 2.24) is 15.6 Å². The summed E-state index contributed by atoms with van der Waals surface area (Å²) < 4.78 is 31.4. The van der Waals surface area contributed by atoms with Gasteiger partial charge in [0.25, 0.3) is 0 Å². The number of imide groups is 1. The van der Waals surface area contributed by atoms with E-state index >= 15 is 0 Å². The van der Waals surface area contributed by atoms with E-state index in [9.17, 15) is 23.2 Å². The molecule has 5 amide bonds. The average molecular weight is 316 g/mol. The minimum Gasteiger partial charge on any atom is -0.451 e. The van der Waals surface area contributed by atoms with Gasteiger partial charge in [-0.15, -0.1) is 5.01 Å². The van der Waals surface area contributed by atoms with Crippen molar-refractivity contribution in [3.63, 3.8) is 0 Å². The Morgan fingerprint density at radius 1 is 1.09 bits per heavy atom. The Kier molecular flexibility index (Phi) is 5.61. The molecule has 0 heterocycles. The van der Waals surface area contributed by atoms with Gasteiger partial charge in [-0.3, -0.25) is 0 Å². The Morgan fingerprint density at radius 3 is 2.05 bits per heavy atom. The second-order valence-electron chi connectivity index (χ2n) is 3.80.